The summed E-state index contributed by atoms with van der Waals surface area (Å²) in [6.45, 7) is 3.93. The van der Waals surface area contributed by atoms with E-state index >= 15 is 0 Å². The summed E-state index contributed by atoms with van der Waals surface area (Å²) in [5.74, 6) is -1.37. The van der Waals surface area contributed by atoms with E-state index in [9.17, 15) is 19.1 Å². The van der Waals surface area contributed by atoms with Crippen molar-refractivity contribution in [2.24, 2.45) is 0 Å². The van der Waals surface area contributed by atoms with Crippen molar-refractivity contribution in [3.05, 3.63) is 58.9 Å². The number of amides is 2. The van der Waals surface area contributed by atoms with Crippen LogP contribution in [-0.4, -0.2) is 64.7 Å². The van der Waals surface area contributed by atoms with Crippen LogP contribution in [0.1, 0.15) is 23.7 Å². The number of halogens is 2. The van der Waals surface area contributed by atoms with Crippen LogP contribution < -0.4 is 0 Å². The van der Waals surface area contributed by atoms with Gasteiger partial charge in [0, 0.05) is 42.7 Å². The topological polar surface area (TPSA) is 83.0 Å². The van der Waals surface area contributed by atoms with Gasteiger partial charge in [-0.1, -0.05) is 24.6 Å². The summed E-state index contributed by atoms with van der Waals surface area (Å²) < 4.78 is 18.6. The normalized spacial score (nSPS) is 13.9. The standard InChI is InChI=1S/C24H23ClFN3O4/c1-2-11-33-24(32)29-9-7-28(8-10-29)23(31)16-3-5-17-18(25)14-20(27-21(17)12-16)15-4-6-19(26)22(30)13-15/h3-6,12-14,30H,2,7-11H2,1H3. The predicted molar refractivity (Wildman–Crippen MR) is 123 cm³/mol. The van der Waals surface area contributed by atoms with Gasteiger partial charge in [-0.3, -0.25) is 4.79 Å². The number of ether oxygens (including phenoxy) is 1. The molecule has 2 amide bonds. The molecule has 0 unspecified atom stereocenters. The molecule has 1 fully saturated rings. The summed E-state index contributed by atoms with van der Waals surface area (Å²) in [7, 11) is 0. The minimum absolute atomic E-state index is 0.166. The molecule has 0 atom stereocenters. The lowest BCUT2D eigenvalue weighted by Crippen LogP contribution is -2.50. The van der Waals surface area contributed by atoms with Crippen LogP contribution in [0.2, 0.25) is 5.02 Å². The highest BCUT2D eigenvalue weighted by molar-refractivity contribution is 6.35. The zero-order valence-corrected chi connectivity index (χ0v) is 18.8. The van der Waals surface area contributed by atoms with Gasteiger partial charge in [0.2, 0.25) is 0 Å². The third kappa shape index (κ3) is 4.85. The minimum atomic E-state index is -0.725. The van der Waals surface area contributed by atoms with Crippen LogP contribution in [0.15, 0.2) is 42.5 Å². The first-order valence-electron chi connectivity index (χ1n) is 10.7. The first kappa shape index (κ1) is 22.8. The number of hydrogen-bond donors (Lipinski definition) is 1. The van der Waals surface area contributed by atoms with Crippen LogP contribution >= 0.6 is 11.6 Å². The molecule has 1 aliphatic rings. The van der Waals surface area contributed by atoms with Crippen molar-refractivity contribution in [1.29, 1.82) is 0 Å². The van der Waals surface area contributed by atoms with E-state index in [1.54, 1.807) is 34.1 Å². The van der Waals surface area contributed by atoms with Crippen LogP contribution in [0.3, 0.4) is 0 Å². The van der Waals surface area contributed by atoms with E-state index in [0.717, 1.165) is 12.5 Å². The first-order valence-corrected chi connectivity index (χ1v) is 11.1. The molecule has 172 valence electrons. The van der Waals surface area contributed by atoms with Crippen LogP contribution in [0.4, 0.5) is 9.18 Å². The first-order chi connectivity index (χ1) is 15.9. The van der Waals surface area contributed by atoms with Gasteiger partial charge in [0.15, 0.2) is 11.6 Å². The Morgan fingerprint density at radius 1 is 1.09 bits per heavy atom. The Morgan fingerprint density at radius 2 is 1.82 bits per heavy atom. The average molecular weight is 472 g/mol. The van der Waals surface area contributed by atoms with Crippen molar-refractivity contribution >= 4 is 34.5 Å². The molecular formula is C24H23ClFN3O4. The average Bonchev–Trinajstić information content (AvgIpc) is 2.83. The highest BCUT2D eigenvalue weighted by atomic mass is 35.5. The van der Waals surface area contributed by atoms with Crippen LogP contribution in [0, 0.1) is 5.82 Å². The van der Waals surface area contributed by atoms with Gasteiger partial charge in [0.1, 0.15) is 0 Å². The molecule has 3 aromatic rings. The summed E-state index contributed by atoms with van der Waals surface area (Å²) in [4.78, 5) is 32.9. The number of pyridine rings is 1. The smallest absolute Gasteiger partial charge is 0.409 e. The lowest BCUT2D eigenvalue weighted by molar-refractivity contribution is 0.0560. The fourth-order valence-electron chi connectivity index (χ4n) is 3.69. The molecular weight excluding hydrogens is 449 g/mol. The number of nitrogens with zero attached hydrogens (tertiary/aromatic N) is 3. The van der Waals surface area contributed by atoms with Gasteiger partial charge in [0.05, 0.1) is 22.8 Å². The zero-order chi connectivity index (χ0) is 23.5. The molecule has 2 heterocycles. The summed E-state index contributed by atoms with van der Waals surface area (Å²) in [5.41, 5.74) is 1.91. The van der Waals surface area contributed by atoms with Gasteiger partial charge < -0.3 is 19.6 Å². The molecule has 0 spiro atoms. The summed E-state index contributed by atoms with van der Waals surface area (Å²) >= 11 is 6.42. The number of benzene rings is 2. The van der Waals surface area contributed by atoms with Crippen molar-refractivity contribution in [3.63, 3.8) is 0 Å². The van der Waals surface area contributed by atoms with Gasteiger partial charge >= 0.3 is 6.09 Å². The Bertz CT molecular complexity index is 1210. The summed E-state index contributed by atoms with van der Waals surface area (Å²) in [6.07, 6.45) is 0.404. The summed E-state index contributed by atoms with van der Waals surface area (Å²) in [6, 6.07) is 10.7. The number of aromatic nitrogens is 1. The fourth-order valence-corrected chi connectivity index (χ4v) is 3.96. The third-order valence-corrected chi connectivity index (χ3v) is 5.82. The molecule has 1 aromatic heterocycles. The Kier molecular flexibility index (Phi) is 6.65. The lowest BCUT2D eigenvalue weighted by atomic mass is 10.1. The van der Waals surface area contributed by atoms with Crippen molar-refractivity contribution in [2.75, 3.05) is 32.8 Å². The third-order valence-electron chi connectivity index (χ3n) is 5.50. The molecule has 33 heavy (non-hydrogen) atoms. The van der Waals surface area contributed by atoms with E-state index in [2.05, 4.69) is 4.98 Å². The Labute approximate surface area is 195 Å². The second-order valence-electron chi connectivity index (χ2n) is 7.78. The number of rotatable bonds is 4. The summed E-state index contributed by atoms with van der Waals surface area (Å²) in [5, 5.41) is 10.8. The molecule has 1 saturated heterocycles. The maximum absolute atomic E-state index is 13.4. The quantitative estimate of drug-likeness (QED) is 0.596. The van der Waals surface area contributed by atoms with Gasteiger partial charge in [-0.2, -0.15) is 0 Å². The van der Waals surface area contributed by atoms with Crippen LogP contribution in [0.25, 0.3) is 22.2 Å². The van der Waals surface area contributed by atoms with Crippen molar-refractivity contribution in [2.45, 2.75) is 13.3 Å². The Balaban J connectivity index is 1.54. The van der Waals surface area contributed by atoms with E-state index in [1.165, 1.54) is 12.1 Å². The highest BCUT2D eigenvalue weighted by Gasteiger charge is 2.26. The molecule has 9 heteroatoms. The lowest BCUT2D eigenvalue weighted by Gasteiger charge is -2.34. The number of phenolic OH excluding ortho intramolecular Hbond substituents is 1. The fraction of sp³-hybridized carbons (Fsp3) is 0.292. The number of piperazine rings is 1. The maximum Gasteiger partial charge on any atom is 0.409 e. The van der Waals surface area contributed by atoms with Crippen molar-refractivity contribution in [3.8, 4) is 17.0 Å². The van der Waals surface area contributed by atoms with Crippen molar-refractivity contribution in [1.82, 2.24) is 14.8 Å². The Morgan fingerprint density at radius 3 is 2.52 bits per heavy atom. The van der Waals surface area contributed by atoms with Gasteiger partial charge in [0.25, 0.3) is 5.91 Å². The minimum Gasteiger partial charge on any atom is -0.505 e. The van der Waals surface area contributed by atoms with Gasteiger partial charge in [-0.05, 0) is 42.8 Å². The van der Waals surface area contributed by atoms with Crippen LogP contribution in [-0.2, 0) is 4.74 Å². The van der Waals surface area contributed by atoms with E-state index in [0.29, 0.717) is 65.5 Å². The number of carbonyl (C=O) groups excluding carboxylic acids is 2. The zero-order valence-electron chi connectivity index (χ0n) is 18.1. The monoisotopic (exact) mass is 471 g/mol. The second-order valence-corrected chi connectivity index (χ2v) is 8.19. The number of carbonyl (C=O) groups is 2. The van der Waals surface area contributed by atoms with E-state index in [1.807, 2.05) is 6.92 Å². The largest absolute Gasteiger partial charge is 0.505 e. The molecule has 7 nitrogen and oxygen atoms in total. The number of hydrogen-bond acceptors (Lipinski definition) is 5. The maximum atomic E-state index is 13.4. The molecule has 1 aliphatic heterocycles. The SMILES string of the molecule is CCCOC(=O)N1CCN(C(=O)c2ccc3c(Cl)cc(-c4ccc(F)c(O)c4)nc3c2)CC1. The predicted octanol–water partition coefficient (Wildman–Crippen LogP) is 4.70. The van der Waals surface area contributed by atoms with Crippen LogP contribution in [0.5, 0.6) is 5.75 Å². The molecule has 0 bridgehead atoms. The van der Waals surface area contributed by atoms with Gasteiger partial charge in [-0.15, -0.1) is 0 Å². The van der Waals surface area contributed by atoms with Gasteiger partial charge in [-0.25, -0.2) is 14.2 Å². The number of aromatic hydroxyl groups is 1. The van der Waals surface area contributed by atoms with E-state index in [-0.39, 0.29) is 12.0 Å². The molecule has 1 N–H and O–H groups in total. The number of fused-ring (bicyclic) bond motifs is 1. The molecule has 2 aromatic carbocycles. The molecule has 4 rings (SSSR count). The van der Waals surface area contributed by atoms with E-state index < -0.39 is 11.6 Å². The highest BCUT2D eigenvalue weighted by Crippen LogP contribution is 2.31. The Hall–Kier alpha value is -3.39. The number of phenols is 1. The second kappa shape index (κ2) is 9.62. The molecule has 0 radical (unpaired) electrons. The van der Waals surface area contributed by atoms with E-state index in [4.69, 9.17) is 16.3 Å². The molecule has 0 saturated carbocycles. The van der Waals surface area contributed by atoms with Crippen molar-refractivity contribution < 1.29 is 23.8 Å². The molecule has 0 aliphatic carbocycles.